The predicted molar refractivity (Wildman–Crippen MR) is 102 cm³/mol. The third-order valence-electron chi connectivity index (χ3n) is 4.61. The van der Waals surface area contributed by atoms with Gasteiger partial charge in [0.2, 0.25) is 5.91 Å². The van der Waals surface area contributed by atoms with Crippen LogP contribution in [0.25, 0.3) is 5.82 Å². The summed E-state index contributed by atoms with van der Waals surface area (Å²) in [6, 6.07) is 9.14. The van der Waals surface area contributed by atoms with Gasteiger partial charge in [-0.1, -0.05) is 23.7 Å². The molecule has 1 aliphatic rings. The van der Waals surface area contributed by atoms with Crippen LogP contribution >= 0.6 is 11.6 Å². The lowest BCUT2D eigenvalue weighted by Gasteiger charge is -2.32. The topological polar surface area (TPSA) is 88.8 Å². The molecule has 9 heteroatoms. The Labute approximate surface area is 161 Å². The number of hydrogen-bond acceptors (Lipinski definition) is 6. The predicted octanol–water partition coefficient (Wildman–Crippen LogP) is 2.57. The molecule has 0 radical (unpaired) electrons. The lowest BCUT2D eigenvalue weighted by Crippen LogP contribution is -2.38. The summed E-state index contributed by atoms with van der Waals surface area (Å²) in [5.41, 5.74) is 0.653. The van der Waals surface area contributed by atoms with Crippen LogP contribution in [-0.2, 0) is 4.79 Å². The van der Waals surface area contributed by atoms with Crippen molar-refractivity contribution in [3.05, 3.63) is 54.3 Å². The lowest BCUT2D eigenvalue weighted by molar-refractivity contribution is -0.120. The number of halogens is 1. The van der Waals surface area contributed by atoms with E-state index in [9.17, 15) is 4.79 Å². The van der Waals surface area contributed by atoms with Gasteiger partial charge in [0.25, 0.3) is 0 Å². The van der Waals surface area contributed by atoms with E-state index in [-0.39, 0.29) is 11.8 Å². The molecule has 0 spiro atoms. The normalized spacial score (nSPS) is 14.9. The van der Waals surface area contributed by atoms with Crippen molar-refractivity contribution in [2.24, 2.45) is 5.92 Å². The Morgan fingerprint density at radius 3 is 2.63 bits per heavy atom. The van der Waals surface area contributed by atoms with Gasteiger partial charge in [-0.15, -0.1) is 0 Å². The molecule has 3 heterocycles. The van der Waals surface area contributed by atoms with Crippen LogP contribution in [0.2, 0.25) is 5.02 Å². The quantitative estimate of drug-likeness (QED) is 0.744. The zero-order valence-electron chi connectivity index (χ0n) is 14.5. The van der Waals surface area contributed by atoms with Crippen LogP contribution in [0.3, 0.4) is 0 Å². The molecule has 1 fully saturated rings. The monoisotopic (exact) mass is 383 g/mol. The summed E-state index contributed by atoms with van der Waals surface area (Å²) < 4.78 is 1.59. The first-order valence-electron chi connectivity index (χ1n) is 8.68. The first-order chi connectivity index (χ1) is 13.2. The number of amides is 1. The SMILES string of the molecule is O=C(Nc1ccccc1Cl)C1CCN(c2cc(-n3cncn3)ncn2)CC1. The number of piperidine rings is 1. The standard InChI is InChI=1S/C18H18ClN7O/c19-14-3-1-2-4-15(14)24-18(27)13-5-7-25(8-6-13)16-9-17(22-11-21-16)26-12-20-10-23-26/h1-4,9-13H,5-8H2,(H,24,27). The summed E-state index contributed by atoms with van der Waals surface area (Å²) in [4.78, 5) is 27.2. The molecule has 0 bridgehead atoms. The second-order valence-electron chi connectivity index (χ2n) is 6.30. The van der Waals surface area contributed by atoms with Crippen molar-refractivity contribution < 1.29 is 4.79 Å². The van der Waals surface area contributed by atoms with Crippen molar-refractivity contribution in [3.63, 3.8) is 0 Å². The highest BCUT2D eigenvalue weighted by Crippen LogP contribution is 2.26. The smallest absolute Gasteiger partial charge is 0.227 e. The molecule has 1 aromatic carbocycles. The fourth-order valence-electron chi connectivity index (χ4n) is 3.13. The lowest BCUT2D eigenvalue weighted by atomic mass is 9.96. The number of carbonyl (C=O) groups is 1. The molecule has 1 aliphatic heterocycles. The molecule has 3 aromatic rings. The van der Waals surface area contributed by atoms with E-state index in [1.54, 1.807) is 17.1 Å². The average molecular weight is 384 g/mol. The Bertz CT molecular complexity index is 923. The molecule has 0 atom stereocenters. The molecule has 0 saturated carbocycles. The van der Waals surface area contributed by atoms with Crippen LogP contribution in [0.4, 0.5) is 11.5 Å². The van der Waals surface area contributed by atoms with Crippen molar-refractivity contribution in [1.82, 2.24) is 24.7 Å². The van der Waals surface area contributed by atoms with Gasteiger partial charge in [0.1, 0.15) is 24.8 Å². The zero-order chi connectivity index (χ0) is 18.6. The van der Waals surface area contributed by atoms with Crippen molar-refractivity contribution >= 4 is 29.0 Å². The van der Waals surface area contributed by atoms with Crippen LogP contribution in [0.1, 0.15) is 12.8 Å². The highest BCUT2D eigenvalue weighted by molar-refractivity contribution is 6.33. The highest BCUT2D eigenvalue weighted by atomic mass is 35.5. The summed E-state index contributed by atoms with van der Waals surface area (Å²) >= 11 is 6.12. The van der Waals surface area contributed by atoms with Crippen LogP contribution in [0.5, 0.6) is 0 Å². The van der Waals surface area contributed by atoms with Crippen LogP contribution in [0.15, 0.2) is 49.3 Å². The van der Waals surface area contributed by atoms with Gasteiger partial charge in [-0.25, -0.2) is 19.6 Å². The zero-order valence-corrected chi connectivity index (χ0v) is 15.3. The van der Waals surface area contributed by atoms with Gasteiger partial charge in [0, 0.05) is 25.1 Å². The summed E-state index contributed by atoms with van der Waals surface area (Å²) in [5, 5.41) is 7.56. The molecule has 1 saturated heterocycles. The minimum Gasteiger partial charge on any atom is -0.356 e. The molecule has 1 amide bonds. The summed E-state index contributed by atoms with van der Waals surface area (Å²) in [5.74, 6) is 1.44. The van der Waals surface area contributed by atoms with Gasteiger partial charge < -0.3 is 10.2 Å². The van der Waals surface area contributed by atoms with E-state index in [0.717, 1.165) is 31.7 Å². The van der Waals surface area contributed by atoms with Crippen molar-refractivity contribution in [1.29, 1.82) is 0 Å². The number of nitrogens with zero attached hydrogens (tertiary/aromatic N) is 6. The van der Waals surface area contributed by atoms with Gasteiger partial charge in [0.15, 0.2) is 5.82 Å². The maximum atomic E-state index is 12.5. The number of anilines is 2. The summed E-state index contributed by atoms with van der Waals surface area (Å²) in [6.45, 7) is 1.49. The third kappa shape index (κ3) is 3.90. The molecule has 0 unspecified atom stereocenters. The maximum absolute atomic E-state index is 12.5. The van der Waals surface area contributed by atoms with Crippen molar-refractivity contribution in [2.45, 2.75) is 12.8 Å². The minimum atomic E-state index is -0.0471. The van der Waals surface area contributed by atoms with Gasteiger partial charge in [0.05, 0.1) is 10.7 Å². The number of aromatic nitrogens is 5. The van der Waals surface area contributed by atoms with E-state index < -0.39 is 0 Å². The molecule has 1 N–H and O–H groups in total. The Balaban J connectivity index is 1.38. The molecule has 8 nitrogen and oxygen atoms in total. The summed E-state index contributed by atoms with van der Waals surface area (Å²) in [7, 11) is 0. The van der Waals surface area contributed by atoms with Gasteiger partial charge in [-0.3, -0.25) is 4.79 Å². The first-order valence-corrected chi connectivity index (χ1v) is 9.06. The van der Waals surface area contributed by atoms with Gasteiger partial charge >= 0.3 is 0 Å². The Morgan fingerprint density at radius 1 is 1.11 bits per heavy atom. The van der Waals surface area contributed by atoms with E-state index >= 15 is 0 Å². The largest absolute Gasteiger partial charge is 0.356 e. The number of rotatable bonds is 4. The van der Waals surface area contributed by atoms with Crippen LogP contribution in [-0.4, -0.2) is 43.7 Å². The fourth-order valence-corrected chi connectivity index (χ4v) is 3.31. The summed E-state index contributed by atoms with van der Waals surface area (Å²) in [6.07, 6.45) is 6.07. The van der Waals surface area contributed by atoms with Crippen LogP contribution in [0, 0.1) is 5.92 Å². The van der Waals surface area contributed by atoms with E-state index in [1.807, 2.05) is 24.3 Å². The Kier molecular flexibility index (Phi) is 4.97. The van der Waals surface area contributed by atoms with E-state index in [1.165, 1.54) is 12.7 Å². The fraction of sp³-hybridized carbons (Fsp3) is 0.278. The maximum Gasteiger partial charge on any atom is 0.227 e. The molecular formula is C18H18ClN7O. The number of carbonyl (C=O) groups excluding carboxylic acids is 1. The molecule has 0 aliphatic carbocycles. The molecule has 2 aromatic heterocycles. The first kappa shape index (κ1) is 17.4. The number of benzene rings is 1. The molecule has 27 heavy (non-hydrogen) atoms. The van der Waals surface area contributed by atoms with E-state index in [4.69, 9.17) is 11.6 Å². The van der Waals surface area contributed by atoms with Gasteiger partial charge in [-0.05, 0) is 25.0 Å². The average Bonchev–Trinajstić information content (AvgIpc) is 3.25. The molecule has 4 rings (SSSR count). The van der Waals surface area contributed by atoms with Crippen molar-refractivity contribution in [3.8, 4) is 5.82 Å². The Hall–Kier alpha value is -3.00. The van der Waals surface area contributed by atoms with E-state index in [2.05, 4.69) is 30.3 Å². The van der Waals surface area contributed by atoms with Crippen LogP contribution < -0.4 is 10.2 Å². The number of nitrogens with one attached hydrogen (secondary N) is 1. The van der Waals surface area contributed by atoms with Crippen molar-refractivity contribution in [2.75, 3.05) is 23.3 Å². The second kappa shape index (κ2) is 7.71. The van der Waals surface area contributed by atoms with Gasteiger partial charge in [-0.2, -0.15) is 5.10 Å². The minimum absolute atomic E-state index is 0.00809. The highest BCUT2D eigenvalue weighted by Gasteiger charge is 2.26. The second-order valence-corrected chi connectivity index (χ2v) is 6.71. The molecular weight excluding hydrogens is 366 g/mol. The van der Waals surface area contributed by atoms with E-state index in [0.29, 0.717) is 16.5 Å². The molecule has 138 valence electrons. The third-order valence-corrected chi connectivity index (χ3v) is 4.94. The number of hydrogen-bond donors (Lipinski definition) is 1. The Morgan fingerprint density at radius 2 is 1.89 bits per heavy atom. The number of para-hydroxylation sites is 1.